The Hall–Kier alpha value is -1.85. The first kappa shape index (κ1) is 17.6. The van der Waals surface area contributed by atoms with Crippen LogP contribution in [0.3, 0.4) is 0 Å². The molecule has 5 heteroatoms. The van der Waals surface area contributed by atoms with Crippen LogP contribution in [0, 0.1) is 0 Å². The van der Waals surface area contributed by atoms with E-state index in [9.17, 15) is 9.90 Å². The van der Waals surface area contributed by atoms with Crippen molar-refractivity contribution in [3.05, 3.63) is 39.7 Å². The van der Waals surface area contributed by atoms with Crippen molar-refractivity contribution in [3.8, 4) is 5.75 Å². The van der Waals surface area contributed by atoms with E-state index in [2.05, 4.69) is 11.8 Å². The fourth-order valence-electron chi connectivity index (χ4n) is 4.30. The minimum absolute atomic E-state index is 0.221. The van der Waals surface area contributed by atoms with E-state index >= 15 is 0 Å². The zero-order valence-corrected chi connectivity index (χ0v) is 15.4. The summed E-state index contributed by atoms with van der Waals surface area (Å²) in [7, 11) is 0. The quantitative estimate of drug-likeness (QED) is 0.834. The lowest BCUT2D eigenvalue weighted by atomic mass is 10.0. The van der Waals surface area contributed by atoms with Crippen molar-refractivity contribution in [1.82, 2.24) is 4.90 Å². The molecule has 2 aromatic rings. The SMILES string of the molecule is C[C@H]1CCCCN1C[C@@H](O)COc1ccc2c3c(c(=O)oc2c1)CCC3. The Bertz CT molecular complexity index is 844. The van der Waals surface area contributed by atoms with Gasteiger partial charge in [0.2, 0.25) is 0 Å². The highest BCUT2D eigenvalue weighted by atomic mass is 16.5. The molecule has 0 radical (unpaired) electrons. The Kier molecular flexibility index (Phi) is 5.00. The van der Waals surface area contributed by atoms with Crippen LogP contribution in [-0.2, 0) is 12.8 Å². The standard InChI is InChI=1S/C21H27NO4/c1-14-5-2-3-10-22(14)12-15(23)13-25-16-8-9-18-17-6-4-7-19(17)21(24)26-20(18)11-16/h8-9,11,14-15,23H,2-7,10,12-13H2,1H3/t14-,15+/m0/s1. The van der Waals surface area contributed by atoms with Crippen LogP contribution in [0.5, 0.6) is 5.75 Å². The van der Waals surface area contributed by atoms with Crippen molar-refractivity contribution in [2.24, 2.45) is 0 Å². The molecule has 0 saturated carbocycles. The molecule has 0 spiro atoms. The predicted molar refractivity (Wildman–Crippen MR) is 101 cm³/mol. The number of aliphatic hydroxyl groups excluding tert-OH is 1. The summed E-state index contributed by atoms with van der Waals surface area (Å²) in [5.74, 6) is 0.629. The molecule has 1 aromatic carbocycles. The molecular weight excluding hydrogens is 330 g/mol. The zero-order chi connectivity index (χ0) is 18.1. The average Bonchev–Trinajstić information content (AvgIpc) is 3.12. The molecule has 2 heterocycles. The molecule has 1 N–H and O–H groups in total. The number of aryl methyl sites for hydroxylation is 1. The smallest absolute Gasteiger partial charge is 0.339 e. The maximum Gasteiger partial charge on any atom is 0.339 e. The molecule has 1 aromatic heterocycles. The maximum absolute atomic E-state index is 12.1. The van der Waals surface area contributed by atoms with Gasteiger partial charge in [-0.05, 0) is 63.3 Å². The monoisotopic (exact) mass is 357 g/mol. The van der Waals surface area contributed by atoms with Crippen molar-refractivity contribution in [2.75, 3.05) is 19.7 Å². The van der Waals surface area contributed by atoms with Crippen molar-refractivity contribution in [2.45, 2.75) is 57.6 Å². The molecule has 1 fully saturated rings. The molecule has 1 aliphatic heterocycles. The number of likely N-dealkylation sites (tertiary alicyclic amines) is 1. The highest BCUT2D eigenvalue weighted by molar-refractivity contribution is 5.83. The van der Waals surface area contributed by atoms with Gasteiger partial charge in [0.15, 0.2) is 0 Å². The van der Waals surface area contributed by atoms with Gasteiger partial charge >= 0.3 is 5.63 Å². The molecular formula is C21H27NO4. The summed E-state index contributed by atoms with van der Waals surface area (Å²) in [6.07, 6.45) is 5.90. The number of piperidine rings is 1. The van der Waals surface area contributed by atoms with E-state index in [-0.39, 0.29) is 12.2 Å². The lowest BCUT2D eigenvalue weighted by molar-refractivity contribution is 0.0438. The normalized spacial score (nSPS) is 21.7. The Balaban J connectivity index is 1.43. The molecule has 140 valence electrons. The van der Waals surface area contributed by atoms with Gasteiger partial charge in [-0.3, -0.25) is 4.90 Å². The molecule has 2 aliphatic rings. The van der Waals surface area contributed by atoms with Gasteiger partial charge in [-0.1, -0.05) is 6.42 Å². The van der Waals surface area contributed by atoms with Crippen molar-refractivity contribution in [1.29, 1.82) is 0 Å². The number of hydrogen-bond acceptors (Lipinski definition) is 5. The van der Waals surface area contributed by atoms with E-state index in [1.54, 1.807) is 6.07 Å². The topological polar surface area (TPSA) is 62.9 Å². The van der Waals surface area contributed by atoms with Crippen molar-refractivity contribution < 1.29 is 14.3 Å². The lowest BCUT2D eigenvalue weighted by Gasteiger charge is -2.34. The van der Waals surface area contributed by atoms with Gasteiger partial charge in [0.25, 0.3) is 0 Å². The van der Waals surface area contributed by atoms with E-state index in [0.29, 0.717) is 23.9 Å². The van der Waals surface area contributed by atoms with E-state index < -0.39 is 6.10 Å². The fraction of sp³-hybridized carbons (Fsp3) is 0.571. The number of benzene rings is 1. The number of fused-ring (bicyclic) bond motifs is 3. The van der Waals surface area contributed by atoms with Crippen molar-refractivity contribution >= 4 is 11.0 Å². The van der Waals surface area contributed by atoms with E-state index in [1.807, 2.05) is 12.1 Å². The third-order valence-electron chi connectivity index (χ3n) is 5.77. The Morgan fingerprint density at radius 1 is 1.27 bits per heavy atom. The van der Waals surface area contributed by atoms with Gasteiger partial charge in [0.05, 0.1) is 0 Å². The van der Waals surface area contributed by atoms with Crippen LogP contribution >= 0.6 is 0 Å². The molecule has 0 amide bonds. The summed E-state index contributed by atoms with van der Waals surface area (Å²) < 4.78 is 11.3. The number of aliphatic hydroxyl groups is 1. The van der Waals surface area contributed by atoms with Crippen LogP contribution in [0.25, 0.3) is 11.0 Å². The Labute approximate surface area is 153 Å². The van der Waals surface area contributed by atoms with Gasteiger partial charge in [-0.2, -0.15) is 0 Å². The largest absolute Gasteiger partial charge is 0.491 e. The van der Waals surface area contributed by atoms with E-state index in [0.717, 1.165) is 42.3 Å². The summed E-state index contributed by atoms with van der Waals surface area (Å²) in [4.78, 5) is 14.4. The van der Waals surface area contributed by atoms with Crippen molar-refractivity contribution in [3.63, 3.8) is 0 Å². The summed E-state index contributed by atoms with van der Waals surface area (Å²) in [5, 5.41) is 11.3. The first-order valence-electron chi connectivity index (χ1n) is 9.75. The minimum atomic E-state index is -0.529. The minimum Gasteiger partial charge on any atom is -0.491 e. The molecule has 2 atom stereocenters. The van der Waals surface area contributed by atoms with Gasteiger partial charge < -0.3 is 14.3 Å². The second kappa shape index (κ2) is 7.41. The Morgan fingerprint density at radius 3 is 2.96 bits per heavy atom. The first-order valence-corrected chi connectivity index (χ1v) is 9.75. The van der Waals surface area contributed by atoms with Gasteiger partial charge in [-0.15, -0.1) is 0 Å². The van der Waals surface area contributed by atoms with Crippen LogP contribution in [0.4, 0.5) is 0 Å². The fourth-order valence-corrected chi connectivity index (χ4v) is 4.30. The van der Waals surface area contributed by atoms with E-state index in [1.165, 1.54) is 19.3 Å². The Morgan fingerprint density at radius 2 is 2.12 bits per heavy atom. The van der Waals surface area contributed by atoms with Gasteiger partial charge in [0.1, 0.15) is 24.0 Å². The van der Waals surface area contributed by atoms with Crippen LogP contribution in [0.1, 0.15) is 43.7 Å². The highest BCUT2D eigenvalue weighted by Crippen LogP contribution is 2.29. The van der Waals surface area contributed by atoms with Crippen LogP contribution in [0.15, 0.2) is 27.4 Å². The molecule has 0 unspecified atom stereocenters. The molecule has 5 nitrogen and oxygen atoms in total. The summed E-state index contributed by atoms with van der Waals surface area (Å²) in [6, 6.07) is 6.16. The van der Waals surface area contributed by atoms with Crippen LogP contribution < -0.4 is 10.4 Å². The number of rotatable bonds is 5. The molecule has 4 rings (SSSR count). The first-order chi connectivity index (χ1) is 12.6. The number of nitrogens with zero attached hydrogens (tertiary/aromatic N) is 1. The number of hydrogen-bond donors (Lipinski definition) is 1. The molecule has 0 bridgehead atoms. The second-order valence-electron chi connectivity index (χ2n) is 7.66. The zero-order valence-electron chi connectivity index (χ0n) is 15.4. The lowest BCUT2D eigenvalue weighted by Crippen LogP contribution is -2.43. The third-order valence-corrected chi connectivity index (χ3v) is 5.77. The molecule has 1 saturated heterocycles. The number of β-amino-alcohol motifs (C(OH)–C–C–N with tert-alkyl or cyclic N) is 1. The van der Waals surface area contributed by atoms with Crippen LogP contribution in [-0.4, -0.2) is 41.8 Å². The third kappa shape index (κ3) is 3.51. The maximum atomic E-state index is 12.1. The summed E-state index contributed by atoms with van der Waals surface area (Å²) in [6.45, 7) is 4.14. The van der Waals surface area contributed by atoms with Crippen LogP contribution in [0.2, 0.25) is 0 Å². The molecule has 26 heavy (non-hydrogen) atoms. The summed E-state index contributed by atoms with van der Waals surface area (Å²) in [5.41, 5.74) is 2.31. The van der Waals surface area contributed by atoms with E-state index in [4.69, 9.17) is 9.15 Å². The second-order valence-corrected chi connectivity index (χ2v) is 7.66. The molecule has 1 aliphatic carbocycles. The van der Waals surface area contributed by atoms with Gasteiger partial charge in [0, 0.05) is 29.6 Å². The van der Waals surface area contributed by atoms with Gasteiger partial charge in [-0.25, -0.2) is 4.79 Å². The number of ether oxygens (including phenoxy) is 1. The predicted octanol–water partition coefficient (Wildman–Crippen LogP) is 2.90. The average molecular weight is 357 g/mol. The highest BCUT2D eigenvalue weighted by Gasteiger charge is 2.22. The summed E-state index contributed by atoms with van der Waals surface area (Å²) >= 11 is 0.